The highest BCUT2D eigenvalue weighted by molar-refractivity contribution is 5.11. The Morgan fingerprint density at radius 2 is 2.55 bits per heavy atom. The van der Waals surface area contributed by atoms with Gasteiger partial charge >= 0.3 is 0 Å². The molecule has 4 nitrogen and oxygen atoms in total. The van der Waals surface area contributed by atoms with Crippen LogP contribution >= 0.6 is 0 Å². The Morgan fingerprint density at radius 3 is 3.00 bits per heavy atom. The monoisotopic (exact) mass is 155 g/mol. The van der Waals surface area contributed by atoms with Gasteiger partial charge in [0.25, 0.3) is 0 Å². The Balaban J connectivity index is 2.67. The van der Waals surface area contributed by atoms with Crippen molar-refractivity contribution in [2.24, 2.45) is 5.73 Å². The van der Waals surface area contributed by atoms with E-state index in [1.54, 1.807) is 6.33 Å². The number of nitrogens with two attached hydrogens (primary N) is 1. The molecule has 0 saturated heterocycles. The van der Waals surface area contributed by atoms with Gasteiger partial charge in [-0.05, 0) is 19.9 Å². The lowest BCUT2D eigenvalue weighted by atomic mass is 10.1. The van der Waals surface area contributed by atoms with Crippen molar-refractivity contribution >= 4 is 0 Å². The molecular formula is C7H13N3O. The molecule has 4 heteroatoms. The summed E-state index contributed by atoms with van der Waals surface area (Å²) in [4.78, 5) is 6.87. The van der Waals surface area contributed by atoms with Crippen LogP contribution in [-0.2, 0) is 0 Å². The molecule has 1 atom stereocenters. The highest BCUT2D eigenvalue weighted by Crippen LogP contribution is 2.15. The average Bonchev–Trinajstić information content (AvgIpc) is 2.36. The summed E-state index contributed by atoms with van der Waals surface area (Å²) in [6, 6.07) is 0. The molecule has 62 valence electrons. The number of aromatic amines is 1. The number of nitrogens with one attached hydrogen (secondary N) is 1. The van der Waals surface area contributed by atoms with E-state index < -0.39 is 6.10 Å². The van der Waals surface area contributed by atoms with Crippen molar-refractivity contribution in [2.45, 2.75) is 19.4 Å². The van der Waals surface area contributed by atoms with Crippen LogP contribution in [0.2, 0.25) is 0 Å². The third-order valence-electron chi connectivity index (χ3n) is 1.62. The standard InChI is InChI=1S/C7H13N3O/c1-5-7(10-4-9-5)6(11)2-3-8/h4,6,11H,2-3,8H2,1H3,(H,9,10)/t6-/m1/s1. The van der Waals surface area contributed by atoms with Crippen LogP contribution in [0.1, 0.15) is 23.9 Å². The zero-order valence-corrected chi connectivity index (χ0v) is 6.54. The van der Waals surface area contributed by atoms with Gasteiger partial charge < -0.3 is 15.8 Å². The first kappa shape index (κ1) is 8.23. The van der Waals surface area contributed by atoms with E-state index in [0.29, 0.717) is 18.7 Å². The van der Waals surface area contributed by atoms with Gasteiger partial charge in [0.2, 0.25) is 0 Å². The van der Waals surface area contributed by atoms with Crippen LogP contribution in [0.3, 0.4) is 0 Å². The van der Waals surface area contributed by atoms with Gasteiger partial charge in [-0.15, -0.1) is 0 Å². The second kappa shape index (κ2) is 3.50. The van der Waals surface area contributed by atoms with Gasteiger partial charge in [0.15, 0.2) is 0 Å². The predicted molar refractivity (Wildman–Crippen MR) is 42.0 cm³/mol. The van der Waals surface area contributed by atoms with Crippen LogP contribution in [0.5, 0.6) is 0 Å². The number of aliphatic hydroxyl groups excluding tert-OH is 1. The molecule has 0 radical (unpaired) electrons. The molecule has 0 amide bonds. The average molecular weight is 155 g/mol. The lowest BCUT2D eigenvalue weighted by Crippen LogP contribution is -2.07. The molecule has 1 rings (SSSR count). The lowest BCUT2D eigenvalue weighted by molar-refractivity contribution is 0.165. The van der Waals surface area contributed by atoms with E-state index >= 15 is 0 Å². The molecular weight excluding hydrogens is 142 g/mol. The van der Waals surface area contributed by atoms with Gasteiger partial charge in [0.05, 0.1) is 18.1 Å². The molecule has 0 spiro atoms. The number of aromatic nitrogens is 2. The number of rotatable bonds is 3. The quantitative estimate of drug-likeness (QED) is 0.579. The zero-order valence-electron chi connectivity index (χ0n) is 6.54. The number of hydrogen-bond donors (Lipinski definition) is 3. The van der Waals surface area contributed by atoms with Gasteiger partial charge in [-0.3, -0.25) is 0 Å². The maximum Gasteiger partial charge on any atom is 0.0990 e. The second-order valence-corrected chi connectivity index (χ2v) is 2.51. The van der Waals surface area contributed by atoms with Crippen molar-refractivity contribution in [3.05, 3.63) is 17.7 Å². The van der Waals surface area contributed by atoms with Gasteiger partial charge in [-0.1, -0.05) is 0 Å². The summed E-state index contributed by atoms with van der Waals surface area (Å²) in [5.41, 5.74) is 6.90. The van der Waals surface area contributed by atoms with Crippen molar-refractivity contribution in [3.63, 3.8) is 0 Å². The summed E-state index contributed by atoms with van der Waals surface area (Å²) < 4.78 is 0. The third-order valence-corrected chi connectivity index (χ3v) is 1.62. The minimum Gasteiger partial charge on any atom is -0.387 e. The smallest absolute Gasteiger partial charge is 0.0990 e. The van der Waals surface area contributed by atoms with E-state index in [0.717, 1.165) is 5.69 Å². The minimum absolute atomic E-state index is 0.480. The Morgan fingerprint density at radius 1 is 1.82 bits per heavy atom. The Kier molecular flexibility index (Phi) is 2.62. The van der Waals surface area contributed by atoms with Crippen molar-refractivity contribution < 1.29 is 5.11 Å². The first-order valence-corrected chi connectivity index (χ1v) is 3.63. The normalized spacial score (nSPS) is 13.4. The van der Waals surface area contributed by atoms with E-state index in [1.807, 2.05) is 6.92 Å². The lowest BCUT2D eigenvalue weighted by Gasteiger charge is -2.05. The fourth-order valence-electron chi connectivity index (χ4n) is 1.000. The topological polar surface area (TPSA) is 74.9 Å². The molecule has 11 heavy (non-hydrogen) atoms. The van der Waals surface area contributed by atoms with E-state index in [4.69, 9.17) is 5.73 Å². The van der Waals surface area contributed by atoms with E-state index in [2.05, 4.69) is 9.97 Å². The van der Waals surface area contributed by atoms with Crippen LogP contribution in [-0.4, -0.2) is 21.6 Å². The van der Waals surface area contributed by atoms with Crippen molar-refractivity contribution in [3.8, 4) is 0 Å². The molecule has 0 aliphatic heterocycles. The summed E-state index contributed by atoms with van der Waals surface area (Å²) in [6.07, 6.45) is 1.61. The number of aliphatic hydroxyl groups is 1. The number of H-pyrrole nitrogens is 1. The Bertz CT molecular complexity index is 221. The highest BCUT2D eigenvalue weighted by Gasteiger charge is 2.10. The second-order valence-electron chi connectivity index (χ2n) is 2.51. The Hall–Kier alpha value is -0.870. The first-order valence-electron chi connectivity index (χ1n) is 3.63. The van der Waals surface area contributed by atoms with Gasteiger partial charge in [0, 0.05) is 5.69 Å². The first-order chi connectivity index (χ1) is 5.25. The Labute approximate surface area is 65.5 Å². The van der Waals surface area contributed by atoms with Gasteiger partial charge in [0.1, 0.15) is 0 Å². The molecule has 4 N–H and O–H groups in total. The number of hydrogen-bond acceptors (Lipinski definition) is 3. The maximum absolute atomic E-state index is 9.43. The van der Waals surface area contributed by atoms with E-state index in [-0.39, 0.29) is 0 Å². The molecule has 1 aromatic rings. The molecule has 0 aromatic carbocycles. The van der Waals surface area contributed by atoms with Crippen LogP contribution < -0.4 is 5.73 Å². The SMILES string of the molecule is Cc1[nH]cnc1[C@H](O)CCN. The largest absolute Gasteiger partial charge is 0.387 e. The highest BCUT2D eigenvalue weighted by atomic mass is 16.3. The van der Waals surface area contributed by atoms with Crippen LogP contribution in [0.15, 0.2) is 6.33 Å². The summed E-state index contributed by atoms with van der Waals surface area (Å²) in [5, 5.41) is 9.43. The van der Waals surface area contributed by atoms with Crippen molar-refractivity contribution in [1.82, 2.24) is 9.97 Å². The van der Waals surface area contributed by atoms with Crippen molar-refractivity contribution in [2.75, 3.05) is 6.54 Å². The van der Waals surface area contributed by atoms with Crippen molar-refractivity contribution in [1.29, 1.82) is 0 Å². The fraction of sp³-hybridized carbons (Fsp3) is 0.571. The molecule has 1 heterocycles. The number of aryl methyl sites for hydroxylation is 1. The molecule has 0 fully saturated rings. The van der Waals surface area contributed by atoms with E-state index in [1.165, 1.54) is 0 Å². The molecule has 0 saturated carbocycles. The van der Waals surface area contributed by atoms with Crippen LogP contribution in [0.4, 0.5) is 0 Å². The summed E-state index contributed by atoms with van der Waals surface area (Å²) in [7, 11) is 0. The van der Waals surface area contributed by atoms with Crippen LogP contribution in [0.25, 0.3) is 0 Å². The predicted octanol–water partition coefficient (Wildman–Crippen LogP) is 0.100. The zero-order chi connectivity index (χ0) is 8.27. The van der Waals surface area contributed by atoms with Crippen LogP contribution in [0, 0.1) is 6.92 Å². The molecule has 0 aliphatic carbocycles. The van der Waals surface area contributed by atoms with Gasteiger partial charge in [-0.2, -0.15) is 0 Å². The summed E-state index contributed by atoms with van der Waals surface area (Å²) in [5.74, 6) is 0. The maximum atomic E-state index is 9.43. The molecule has 0 bridgehead atoms. The number of nitrogens with zero attached hydrogens (tertiary/aromatic N) is 1. The fourth-order valence-corrected chi connectivity index (χ4v) is 1.000. The minimum atomic E-state index is -0.522. The number of imidazole rings is 1. The van der Waals surface area contributed by atoms with Gasteiger partial charge in [-0.25, -0.2) is 4.98 Å². The molecule has 0 aliphatic rings. The molecule has 1 aromatic heterocycles. The van der Waals surface area contributed by atoms with E-state index in [9.17, 15) is 5.11 Å². The summed E-state index contributed by atoms with van der Waals surface area (Å²) >= 11 is 0. The molecule has 0 unspecified atom stereocenters. The third kappa shape index (κ3) is 1.78. The summed E-state index contributed by atoms with van der Waals surface area (Å²) in [6.45, 7) is 2.36.